The first-order chi connectivity index (χ1) is 12.8. The average molecular weight is 375 g/mol. The number of nitrogens with one attached hydrogen (secondary N) is 1. The van der Waals surface area contributed by atoms with E-state index >= 15 is 0 Å². The molecule has 1 unspecified atom stereocenters. The predicted molar refractivity (Wildman–Crippen MR) is 94.1 cm³/mol. The highest BCUT2D eigenvalue weighted by atomic mass is 16.5. The van der Waals surface area contributed by atoms with Gasteiger partial charge in [0.15, 0.2) is 0 Å². The van der Waals surface area contributed by atoms with Crippen molar-refractivity contribution in [2.45, 2.75) is 25.4 Å². The van der Waals surface area contributed by atoms with Crippen LogP contribution in [0.1, 0.15) is 30.1 Å². The number of fused-ring (bicyclic) bond motifs is 3. The molecule has 144 valence electrons. The Labute approximate surface area is 155 Å². The topological polar surface area (TPSA) is 116 Å². The Morgan fingerprint density at radius 1 is 1.30 bits per heavy atom. The molecular formula is C18H21N3O6. The van der Waals surface area contributed by atoms with Gasteiger partial charge in [0, 0.05) is 13.0 Å². The van der Waals surface area contributed by atoms with E-state index in [-0.39, 0.29) is 31.5 Å². The standard InChI is InChI=1S/C18H21N3O6/c1-18-7-6-15(23)21(18)13-5-3-2-4-12(13)17(26)20(18)10-14(22)19-8-9-27-11-16(24)25/h2-5H,6-11H2,1H3,(H,19,22)(H,24,25). The van der Waals surface area contributed by atoms with E-state index in [1.165, 1.54) is 4.90 Å². The third kappa shape index (κ3) is 3.50. The highest BCUT2D eigenvalue weighted by molar-refractivity contribution is 6.11. The van der Waals surface area contributed by atoms with Gasteiger partial charge in [0.25, 0.3) is 5.91 Å². The van der Waals surface area contributed by atoms with E-state index in [0.717, 1.165) is 0 Å². The van der Waals surface area contributed by atoms with Gasteiger partial charge in [-0.15, -0.1) is 0 Å². The fourth-order valence-corrected chi connectivity index (χ4v) is 3.56. The Morgan fingerprint density at radius 2 is 2.04 bits per heavy atom. The monoisotopic (exact) mass is 375 g/mol. The summed E-state index contributed by atoms with van der Waals surface area (Å²) >= 11 is 0. The number of hydrogen-bond acceptors (Lipinski definition) is 5. The van der Waals surface area contributed by atoms with Crippen LogP contribution in [0.25, 0.3) is 0 Å². The molecule has 3 rings (SSSR count). The quantitative estimate of drug-likeness (QED) is 0.658. The molecule has 2 N–H and O–H groups in total. The summed E-state index contributed by atoms with van der Waals surface area (Å²) in [6.07, 6.45) is 0.750. The number of para-hydroxylation sites is 1. The summed E-state index contributed by atoms with van der Waals surface area (Å²) < 4.78 is 4.86. The zero-order valence-electron chi connectivity index (χ0n) is 14.9. The van der Waals surface area contributed by atoms with Crippen molar-refractivity contribution in [1.29, 1.82) is 0 Å². The van der Waals surface area contributed by atoms with Crippen molar-refractivity contribution in [2.75, 3.05) is 31.2 Å². The lowest BCUT2D eigenvalue weighted by Gasteiger charge is -2.48. The van der Waals surface area contributed by atoms with Crippen LogP contribution in [-0.2, 0) is 19.1 Å². The SMILES string of the molecule is CC12CCC(=O)N1c1ccccc1C(=O)N2CC(=O)NCCOCC(=O)O. The van der Waals surface area contributed by atoms with E-state index in [1.807, 2.05) is 0 Å². The molecule has 0 spiro atoms. The van der Waals surface area contributed by atoms with Crippen molar-refractivity contribution in [2.24, 2.45) is 0 Å². The minimum absolute atomic E-state index is 0.0523. The van der Waals surface area contributed by atoms with E-state index in [0.29, 0.717) is 24.1 Å². The summed E-state index contributed by atoms with van der Waals surface area (Å²) in [7, 11) is 0. The van der Waals surface area contributed by atoms with E-state index in [1.54, 1.807) is 36.1 Å². The van der Waals surface area contributed by atoms with Crippen molar-refractivity contribution in [3.8, 4) is 0 Å². The van der Waals surface area contributed by atoms with Gasteiger partial charge in [-0.05, 0) is 25.5 Å². The molecular weight excluding hydrogens is 354 g/mol. The Bertz CT molecular complexity index is 795. The first kappa shape index (κ1) is 18.8. The molecule has 27 heavy (non-hydrogen) atoms. The van der Waals surface area contributed by atoms with Crippen molar-refractivity contribution in [1.82, 2.24) is 10.2 Å². The molecule has 2 heterocycles. The summed E-state index contributed by atoms with van der Waals surface area (Å²) in [5.41, 5.74) is 0.0775. The molecule has 1 fully saturated rings. The number of carboxylic acids is 1. The molecule has 9 nitrogen and oxygen atoms in total. The van der Waals surface area contributed by atoms with Crippen LogP contribution in [0.2, 0.25) is 0 Å². The van der Waals surface area contributed by atoms with E-state index < -0.39 is 24.1 Å². The van der Waals surface area contributed by atoms with Gasteiger partial charge in [0.2, 0.25) is 11.8 Å². The van der Waals surface area contributed by atoms with Crippen LogP contribution >= 0.6 is 0 Å². The first-order valence-corrected chi connectivity index (χ1v) is 8.65. The maximum Gasteiger partial charge on any atom is 0.329 e. The molecule has 1 atom stereocenters. The third-order valence-corrected chi connectivity index (χ3v) is 4.84. The molecule has 3 amide bonds. The number of nitrogens with zero attached hydrogens (tertiary/aromatic N) is 2. The Hall–Kier alpha value is -2.94. The second kappa shape index (κ2) is 7.36. The Kier molecular flexibility index (Phi) is 5.13. The number of anilines is 1. The van der Waals surface area contributed by atoms with Crippen molar-refractivity contribution in [3.63, 3.8) is 0 Å². The van der Waals surface area contributed by atoms with Crippen molar-refractivity contribution < 1.29 is 29.0 Å². The second-order valence-electron chi connectivity index (χ2n) is 6.65. The van der Waals surface area contributed by atoms with Crippen LogP contribution < -0.4 is 10.2 Å². The molecule has 2 aliphatic heterocycles. The lowest BCUT2D eigenvalue weighted by Crippen LogP contribution is -2.63. The lowest BCUT2D eigenvalue weighted by molar-refractivity contribution is -0.142. The summed E-state index contributed by atoms with van der Waals surface area (Å²) in [4.78, 5) is 51.1. The number of ether oxygens (including phenoxy) is 1. The molecule has 0 aliphatic carbocycles. The van der Waals surface area contributed by atoms with Gasteiger partial charge in [0.1, 0.15) is 18.8 Å². The van der Waals surface area contributed by atoms with Gasteiger partial charge >= 0.3 is 5.97 Å². The van der Waals surface area contributed by atoms with Gasteiger partial charge in [0.05, 0.1) is 17.9 Å². The van der Waals surface area contributed by atoms with E-state index in [4.69, 9.17) is 9.84 Å². The summed E-state index contributed by atoms with van der Waals surface area (Å²) in [5, 5.41) is 11.1. The number of carbonyl (C=O) groups is 4. The van der Waals surface area contributed by atoms with Gasteiger partial charge in [-0.25, -0.2) is 4.79 Å². The fraction of sp³-hybridized carbons (Fsp3) is 0.444. The number of carbonyl (C=O) groups excluding carboxylic acids is 3. The number of amides is 3. The summed E-state index contributed by atoms with van der Waals surface area (Å²) in [6, 6.07) is 6.88. The van der Waals surface area contributed by atoms with Crippen LogP contribution in [0.5, 0.6) is 0 Å². The molecule has 0 bridgehead atoms. The average Bonchev–Trinajstić information content (AvgIpc) is 2.94. The smallest absolute Gasteiger partial charge is 0.329 e. The maximum atomic E-state index is 13.0. The fourth-order valence-electron chi connectivity index (χ4n) is 3.56. The predicted octanol–water partition coefficient (Wildman–Crippen LogP) is 0.203. The Balaban J connectivity index is 1.71. The maximum absolute atomic E-state index is 13.0. The zero-order valence-corrected chi connectivity index (χ0v) is 14.9. The van der Waals surface area contributed by atoms with Crippen LogP contribution in [0.15, 0.2) is 24.3 Å². The number of carboxylic acid groups (broad SMARTS) is 1. The van der Waals surface area contributed by atoms with Crippen LogP contribution in [0.3, 0.4) is 0 Å². The van der Waals surface area contributed by atoms with E-state index in [9.17, 15) is 19.2 Å². The van der Waals surface area contributed by atoms with Crippen LogP contribution in [0, 0.1) is 0 Å². The van der Waals surface area contributed by atoms with Gasteiger partial charge in [-0.1, -0.05) is 12.1 Å². The minimum atomic E-state index is -1.09. The van der Waals surface area contributed by atoms with E-state index in [2.05, 4.69) is 5.32 Å². The molecule has 1 aromatic carbocycles. The number of aliphatic carboxylic acids is 1. The molecule has 0 radical (unpaired) electrons. The van der Waals surface area contributed by atoms with Crippen LogP contribution in [-0.4, -0.2) is 65.7 Å². The van der Waals surface area contributed by atoms with Crippen molar-refractivity contribution in [3.05, 3.63) is 29.8 Å². The molecule has 0 aromatic heterocycles. The normalized spacial score (nSPS) is 21.1. The summed E-state index contributed by atoms with van der Waals surface area (Å²) in [5.74, 6) is -1.86. The largest absolute Gasteiger partial charge is 0.480 e. The lowest BCUT2D eigenvalue weighted by atomic mass is 9.98. The highest BCUT2D eigenvalue weighted by Crippen LogP contribution is 2.43. The number of hydrogen-bond donors (Lipinski definition) is 2. The summed E-state index contributed by atoms with van der Waals surface area (Å²) in [6.45, 7) is 1.33. The molecule has 0 saturated carbocycles. The van der Waals surface area contributed by atoms with Gasteiger partial charge < -0.3 is 20.1 Å². The Morgan fingerprint density at radius 3 is 2.78 bits per heavy atom. The zero-order chi connectivity index (χ0) is 19.6. The molecule has 1 saturated heterocycles. The number of rotatable bonds is 7. The third-order valence-electron chi connectivity index (χ3n) is 4.84. The molecule has 1 aromatic rings. The first-order valence-electron chi connectivity index (χ1n) is 8.65. The second-order valence-corrected chi connectivity index (χ2v) is 6.65. The van der Waals surface area contributed by atoms with Crippen LogP contribution in [0.4, 0.5) is 5.69 Å². The highest BCUT2D eigenvalue weighted by Gasteiger charge is 2.53. The number of benzene rings is 1. The molecule has 2 aliphatic rings. The molecule has 9 heteroatoms. The van der Waals surface area contributed by atoms with Gasteiger partial charge in [-0.2, -0.15) is 0 Å². The van der Waals surface area contributed by atoms with Crippen molar-refractivity contribution >= 4 is 29.4 Å². The minimum Gasteiger partial charge on any atom is -0.480 e. The van der Waals surface area contributed by atoms with Gasteiger partial charge in [-0.3, -0.25) is 19.3 Å².